The van der Waals surface area contributed by atoms with Crippen molar-refractivity contribution in [3.8, 4) is 11.5 Å². The van der Waals surface area contributed by atoms with Gasteiger partial charge in [-0.1, -0.05) is 6.42 Å². The predicted molar refractivity (Wildman–Crippen MR) is 84.4 cm³/mol. The minimum absolute atomic E-state index is 0.0451. The molecule has 0 aromatic heterocycles. The molecule has 0 spiro atoms. The highest BCUT2D eigenvalue weighted by atomic mass is 16.7. The van der Waals surface area contributed by atoms with Crippen LogP contribution < -0.4 is 14.8 Å². The first-order chi connectivity index (χ1) is 10.8. The van der Waals surface area contributed by atoms with Gasteiger partial charge in [0.25, 0.3) is 5.91 Å². The molecule has 1 saturated heterocycles. The molecule has 0 radical (unpaired) electrons. The maximum Gasteiger partial charge on any atom is 0.251 e. The Labute approximate surface area is 131 Å². The molecule has 0 atom stereocenters. The fourth-order valence-corrected chi connectivity index (χ4v) is 2.99. The molecule has 0 aliphatic carbocycles. The van der Waals surface area contributed by atoms with Crippen molar-refractivity contribution in [3.63, 3.8) is 0 Å². The molecule has 1 aromatic carbocycles. The summed E-state index contributed by atoms with van der Waals surface area (Å²) in [6.07, 6.45) is 6.21. The minimum Gasteiger partial charge on any atom is -0.454 e. The Bertz CT molecular complexity index is 513. The second kappa shape index (κ2) is 7.49. The summed E-state index contributed by atoms with van der Waals surface area (Å²) in [6.45, 7) is 4.59. The Balaban J connectivity index is 1.35. The molecular formula is C17H24N2O3. The third-order valence-electron chi connectivity index (χ3n) is 4.27. The molecule has 0 unspecified atom stereocenters. The van der Waals surface area contributed by atoms with Gasteiger partial charge in [-0.25, -0.2) is 0 Å². The highest BCUT2D eigenvalue weighted by molar-refractivity contribution is 5.94. The number of carbonyl (C=O) groups excluding carboxylic acids is 1. The van der Waals surface area contributed by atoms with Gasteiger partial charge in [0.1, 0.15) is 0 Å². The number of rotatable bonds is 6. The molecule has 0 saturated carbocycles. The van der Waals surface area contributed by atoms with E-state index in [9.17, 15) is 4.79 Å². The second-order valence-corrected chi connectivity index (χ2v) is 5.93. The summed E-state index contributed by atoms with van der Waals surface area (Å²) in [6, 6.07) is 5.30. The number of piperidine rings is 1. The first-order valence-corrected chi connectivity index (χ1v) is 8.23. The monoisotopic (exact) mass is 304 g/mol. The average Bonchev–Trinajstić information content (AvgIpc) is 3.03. The molecule has 0 bridgehead atoms. The number of nitrogens with one attached hydrogen (secondary N) is 1. The summed E-state index contributed by atoms with van der Waals surface area (Å²) in [5.41, 5.74) is 0.625. The van der Waals surface area contributed by atoms with Crippen molar-refractivity contribution in [2.45, 2.75) is 32.1 Å². The van der Waals surface area contributed by atoms with Crippen LogP contribution in [0.1, 0.15) is 42.5 Å². The van der Waals surface area contributed by atoms with Crippen molar-refractivity contribution in [2.24, 2.45) is 0 Å². The standard InChI is InChI=1S/C17H24N2O3/c20-17(14-6-7-15-16(12-14)22-13-21-15)18-8-2-5-11-19-9-3-1-4-10-19/h6-7,12H,1-5,8-11,13H2,(H,18,20). The van der Waals surface area contributed by atoms with E-state index in [1.54, 1.807) is 18.2 Å². The van der Waals surface area contributed by atoms with Crippen molar-refractivity contribution < 1.29 is 14.3 Å². The highest BCUT2D eigenvalue weighted by Crippen LogP contribution is 2.32. The van der Waals surface area contributed by atoms with Crippen molar-refractivity contribution in [1.82, 2.24) is 10.2 Å². The molecule has 1 fully saturated rings. The molecule has 120 valence electrons. The second-order valence-electron chi connectivity index (χ2n) is 5.93. The fourth-order valence-electron chi connectivity index (χ4n) is 2.99. The van der Waals surface area contributed by atoms with Crippen molar-refractivity contribution in [2.75, 3.05) is 33.0 Å². The topological polar surface area (TPSA) is 50.8 Å². The SMILES string of the molecule is O=C(NCCCCN1CCCCC1)c1ccc2c(c1)OCO2. The molecule has 1 N–H and O–H groups in total. The molecule has 3 rings (SSSR count). The summed E-state index contributed by atoms with van der Waals surface area (Å²) in [7, 11) is 0. The van der Waals surface area contributed by atoms with Crippen LogP contribution in [0.2, 0.25) is 0 Å². The van der Waals surface area contributed by atoms with Crippen LogP contribution in [0.5, 0.6) is 11.5 Å². The van der Waals surface area contributed by atoms with Crippen LogP contribution in [0.25, 0.3) is 0 Å². The number of nitrogens with zero attached hydrogens (tertiary/aromatic N) is 1. The lowest BCUT2D eigenvalue weighted by Crippen LogP contribution is -2.31. The van der Waals surface area contributed by atoms with Crippen molar-refractivity contribution in [1.29, 1.82) is 0 Å². The van der Waals surface area contributed by atoms with E-state index in [1.165, 1.54) is 32.4 Å². The predicted octanol–water partition coefficient (Wildman–Crippen LogP) is 2.41. The molecule has 1 amide bonds. The smallest absolute Gasteiger partial charge is 0.251 e. The number of hydrogen-bond donors (Lipinski definition) is 1. The lowest BCUT2D eigenvalue weighted by Gasteiger charge is -2.26. The number of amides is 1. The number of benzene rings is 1. The summed E-state index contributed by atoms with van der Waals surface area (Å²) >= 11 is 0. The van der Waals surface area contributed by atoms with E-state index in [0.717, 1.165) is 25.9 Å². The maximum atomic E-state index is 12.1. The van der Waals surface area contributed by atoms with Gasteiger partial charge in [-0.2, -0.15) is 0 Å². The van der Waals surface area contributed by atoms with Crippen LogP contribution in [0.15, 0.2) is 18.2 Å². The van der Waals surface area contributed by atoms with Crippen molar-refractivity contribution >= 4 is 5.91 Å². The third kappa shape index (κ3) is 3.91. The molecule has 1 aromatic rings. The van der Waals surface area contributed by atoms with E-state index in [-0.39, 0.29) is 12.7 Å². The van der Waals surface area contributed by atoms with E-state index >= 15 is 0 Å². The van der Waals surface area contributed by atoms with E-state index in [2.05, 4.69) is 10.2 Å². The van der Waals surface area contributed by atoms with Gasteiger partial charge in [0.2, 0.25) is 6.79 Å². The molecule has 22 heavy (non-hydrogen) atoms. The zero-order valence-electron chi connectivity index (χ0n) is 13.0. The minimum atomic E-state index is -0.0451. The molecule has 2 aliphatic heterocycles. The summed E-state index contributed by atoms with van der Waals surface area (Å²) in [5.74, 6) is 1.31. The third-order valence-corrected chi connectivity index (χ3v) is 4.27. The first-order valence-electron chi connectivity index (χ1n) is 8.23. The van der Waals surface area contributed by atoms with Crippen LogP contribution in [-0.2, 0) is 0 Å². The van der Waals surface area contributed by atoms with Gasteiger partial charge in [0.15, 0.2) is 11.5 Å². The van der Waals surface area contributed by atoms with Crippen LogP contribution in [0.4, 0.5) is 0 Å². The van der Waals surface area contributed by atoms with Crippen LogP contribution in [-0.4, -0.2) is 43.8 Å². The van der Waals surface area contributed by atoms with E-state index in [4.69, 9.17) is 9.47 Å². The highest BCUT2D eigenvalue weighted by Gasteiger charge is 2.16. The van der Waals surface area contributed by atoms with Gasteiger partial charge >= 0.3 is 0 Å². The molecular weight excluding hydrogens is 280 g/mol. The molecule has 2 aliphatic rings. The Morgan fingerprint density at radius 3 is 2.77 bits per heavy atom. The quantitative estimate of drug-likeness (QED) is 0.820. The van der Waals surface area contributed by atoms with Gasteiger partial charge < -0.3 is 19.7 Å². The Hall–Kier alpha value is -1.75. The van der Waals surface area contributed by atoms with Gasteiger partial charge in [0.05, 0.1) is 0 Å². The summed E-state index contributed by atoms with van der Waals surface area (Å²) in [5, 5.41) is 2.97. The van der Waals surface area contributed by atoms with Gasteiger partial charge in [-0.15, -0.1) is 0 Å². The number of likely N-dealkylation sites (tertiary alicyclic amines) is 1. The summed E-state index contributed by atoms with van der Waals surface area (Å²) < 4.78 is 10.5. The number of fused-ring (bicyclic) bond motifs is 1. The number of hydrogen-bond acceptors (Lipinski definition) is 4. The van der Waals surface area contributed by atoms with Crippen molar-refractivity contribution in [3.05, 3.63) is 23.8 Å². The molecule has 5 nitrogen and oxygen atoms in total. The summed E-state index contributed by atoms with van der Waals surface area (Å²) in [4.78, 5) is 14.6. The molecule has 2 heterocycles. The van der Waals surface area contributed by atoms with E-state index < -0.39 is 0 Å². The average molecular weight is 304 g/mol. The van der Waals surface area contributed by atoms with Gasteiger partial charge in [0, 0.05) is 12.1 Å². The molecule has 5 heteroatoms. The number of carbonyl (C=O) groups is 1. The lowest BCUT2D eigenvalue weighted by molar-refractivity contribution is 0.0952. The Morgan fingerprint density at radius 2 is 1.91 bits per heavy atom. The van der Waals surface area contributed by atoms with E-state index in [0.29, 0.717) is 17.1 Å². The lowest BCUT2D eigenvalue weighted by atomic mass is 10.1. The Morgan fingerprint density at radius 1 is 1.09 bits per heavy atom. The number of unbranched alkanes of at least 4 members (excludes halogenated alkanes) is 1. The van der Waals surface area contributed by atoms with Crippen LogP contribution in [0.3, 0.4) is 0 Å². The van der Waals surface area contributed by atoms with Gasteiger partial charge in [-0.05, 0) is 63.5 Å². The first kappa shape index (κ1) is 15.2. The fraction of sp³-hybridized carbons (Fsp3) is 0.588. The Kier molecular flexibility index (Phi) is 5.16. The van der Waals surface area contributed by atoms with Crippen LogP contribution in [0, 0.1) is 0 Å². The normalized spacial score (nSPS) is 17.5. The maximum absolute atomic E-state index is 12.1. The zero-order chi connectivity index (χ0) is 15.2. The van der Waals surface area contributed by atoms with Gasteiger partial charge in [-0.3, -0.25) is 4.79 Å². The van der Waals surface area contributed by atoms with E-state index in [1.807, 2.05) is 0 Å². The largest absolute Gasteiger partial charge is 0.454 e. The van der Waals surface area contributed by atoms with Crippen LogP contribution >= 0.6 is 0 Å². The zero-order valence-corrected chi connectivity index (χ0v) is 13.0. The number of ether oxygens (including phenoxy) is 2.